The summed E-state index contributed by atoms with van der Waals surface area (Å²) >= 11 is 1.59. The number of carbonyl (C=O) groups is 1. The predicted octanol–water partition coefficient (Wildman–Crippen LogP) is 2.42. The molecule has 0 bridgehead atoms. The fraction of sp³-hybridized carbons (Fsp3) is 0.286. The Hall–Kier alpha value is -2.08. The predicted molar refractivity (Wildman–Crippen MR) is 82.7 cm³/mol. The lowest BCUT2D eigenvalue weighted by Gasteiger charge is -2.14. The van der Waals surface area contributed by atoms with E-state index < -0.39 is 0 Å². The maximum atomic E-state index is 12.2. The molecule has 0 spiro atoms. The number of thiazole rings is 1. The third kappa shape index (κ3) is 2.91. The van der Waals surface area contributed by atoms with Crippen molar-refractivity contribution in [2.45, 2.75) is 26.8 Å². The van der Waals surface area contributed by atoms with Gasteiger partial charge in [-0.2, -0.15) is 0 Å². The maximum Gasteiger partial charge on any atom is 0.253 e. The van der Waals surface area contributed by atoms with Crippen LogP contribution < -0.4 is 16.8 Å². The van der Waals surface area contributed by atoms with Crippen LogP contribution in [-0.4, -0.2) is 10.9 Å². The SMILES string of the molecule is Cc1nc(C)c(C(C)NC(=O)c2ccc(N)cc2N)s1. The van der Waals surface area contributed by atoms with Crippen molar-refractivity contribution in [1.29, 1.82) is 0 Å². The number of aryl methyl sites for hydroxylation is 2. The summed E-state index contributed by atoms with van der Waals surface area (Å²) in [5.74, 6) is -0.208. The number of anilines is 2. The van der Waals surface area contributed by atoms with Gasteiger partial charge in [-0.25, -0.2) is 4.98 Å². The van der Waals surface area contributed by atoms with Crippen molar-refractivity contribution >= 4 is 28.6 Å². The third-order valence-electron chi connectivity index (χ3n) is 3.00. The van der Waals surface area contributed by atoms with E-state index >= 15 is 0 Å². The Kier molecular flexibility index (Phi) is 3.94. The van der Waals surface area contributed by atoms with Crippen molar-refractivity contribution in [3.63, 3.8) is 0 Å². The molecular formula is C14H18N4OS. The molecule has 1 aromatic carbocycles. The summed E-state index contributed by atoms with van der Waals surface area (Å²) in [6.45, 7) is 5.83. The first-order valence-electron chi connectivity index (χ1n) is 6.28. The second-order valence-corrected chi connectivity index (χ2v) is 5.96. The van der Waals surface area contributed by atoms with Crippen molar-refractivity contribution in [2.24, 2.45) is 0 Å². The number of amides is 1. The largest absolute Gasteiger partial charge is 0.399 e. The fourth-order valence-electron chi connectivity index (χ4n) is 2.08. The van der Waals surface area contributed by atoms with Gasteiger partial charge in [0.1, 0.15) is 0 Å². The van der Waals surface area contributed by atoms with Crippen molar-refractivity contribution in [3.05, 3.63) is 39.3 Å². The van der Waals surface area contributed by atoms with Crippen LogP contribution in [0.1, 0.15) is 38.9 Å². The van der Waals surface area contributed by atoms with Crippen LogP contribution in [0.3, 0.4) is 0 Å². The van der Waals surface area contributed by atoms with Gasteiger partial charge in [0.25, 0.3) is 5.91 Å². The van der Waals surface area contributed by atoms with Crippen molar-refractivity contribution in [2.75, 3.05) is 11.5 Å². The molecule has 0 radical (unpaired) electrons. The lowest BCUT2D eigenvalue weighted by molar-refractivity contribution is 0.0941. The molecule has 1 aromatic heterocycles. The first kappa shape index (κ1) is 14.3. The highest BCUT2D eigenvalue weighted by Crippen LogP contribution is 2.25. The van der Waals surface area contributed by atoms with E-state index in [2.05, 4.69) is 10.3 Å². The Morgan fingerprint density at radius 2 is 2.05 bits per heavy atom. The number of aromatic nitrogens is 1. The van der Waals surface area contributed by atoms with Gasteiger partial charge < -0.3 is 16.8 Å². The van der Waals surface area contributed by atoms with Gasteiger partial charge in [-0.1, -0.05) is 0 Å². The van der Waals surface area contributed by atoms with Crippen LogP contribution in [0, 0.1) is 13.8 Å². The van der Waals surface area contributed by atoms with E-state index in [-0.39, 0.29) is 11.9 Å². The minimum absolute atomic E-state index is 0.106. The van der Waals surface area contributed by atoms with Crippen LogP contribution in [0.5, 0.6) is 0 Å². The molecule has 1 amide bonds. The van der Waals surface area contributed by atoms with Crippen molar-refractivity contribution in [1.82, 2.24) is 10.3 Å². The number of carbonyl (C=O) groups excluding carboxylic acids is 1. The standard InChI is InChI=1S/C14H18N4OS/c1-7-13(20-9(3)17-7)8(2)18-14(19)11-5-4-10(15)6-12(11)16/h4-6,8H,15-16H2,1-3H3,(H,18,19). The summed E-state index contributed by atoms with van der Waals surface area (Å²) in [5, 5.41) is 3.93. The molecule has 5 nitrogen and oxygen atoms in total. The van der Waals surface area contributed by atoms with E-state index in [9.17, 15) is 4.79 Å². The first-order chi connectivity index (χ1) is 9.38. The summed E-state index contributed by atoms with van der Waals surface area (Å²) in [6, 6.07) is 4.78. The van der Waals surface area contributed by atoms with E-state index in [4.69, 9.17) is 11.5 Å². The second kappa shape index (κ2) is 5.50. The maximum absolute atomic E-state index is 12.2. The summed E-state index contributed by atoms with van der Waals surface area (Å²) in [4.78, 5) is 17.7. The van der Waals surface area contributed by atoms with Crippen LogP contribution in [0.15, 0.2) is 18.2 Å². The molecule has 106 valence electrons. The molecule has 1 heterocycles. The summed E-state index contributed by atoms with van der Waals surface area (Å²) in [6.07, 6.45) is 0. The highest BCUT2D eigenvalue weighted by molar-refractivity contribution is 7.11. The number of hydrogen-bond acceptors (Lipinski definition) is 5. The van der Waals surface area contributed by atoms with Crippen molar-refractivity contribution in [3.8, 4) is 0 Å². The highest BCUT2D eigenvalue weighted by atomic mass is 32.1. The number of nitrogens with zero attached hydrogens (tertiary/aromatic N) is 1. The molecule has 0 fully saturated rings. The summed E-state index contributed by atoms with van der Waals surface area (Å²) < 4.78 is 0. The van der Waals surface area contributed by atoms with Gasteiger partial charge in [0, 0.05) is 16.3 Å². The minimum atomic E-state index is -0.208. The summed E-state index contributed by atoms with van der Waals surface area (Å²) in [5.41, 5.74) is 13.8. The first-order valence-corrected chi connectivity index (χ1v) is 7.10. The van der Waals surface area contributed by atoms with Crippen molar-refractivity contribution < 1.29 is 4.79 Å². The molecule has 2 aromatic rings. The van der Waals surface area contributed by atoms with Gasteiger partial charge >= 0.3 is 0 Å². The van der Waals surface area contributed by atoms with Gasteiger partial charge in [0.2, 0.25) is 0 Å². The second-order valence-electron chi connectivity index (χ2n) is 4.72. The van der Waals surface area contributed by atoms with Crippen LogP contribution in [0.4, 0.5) is 11.4 Å². The number of nitrogens with two attached hydrogens (primary N) is 2. The van der Waals surface area contributed by atoms with E-state index in [0.29, 0.717) is 16.9 Å². The molecule has 0 aliphatic heterocycles. The van der Waals surface area contributed by atoms with E-state index in [0.717, 1.165) is 15.6 Å². The zero-order chi connectivity index (χ0) is 14.9. The topological polar surface area (TPSA) is 94.0 Å². The monoisotopic (exact) mass is 290 g/mol. The molecule has 1 atom stereocenters. The molecule has 0 saturated heterocycles. The Balaban J connectivity index is 2.17. The van der Waals surface area contributed by atoms with Gasteiger partial charge in [-0.05, 0) is 39.0 Å². The minimum Gasteiger partial charge on any atom is -0.399 e. The Morgan fingerprint density at radius 3 is 2.60 bits per heavy atom. The Labute approximate surface area is 122 Å². The fourth-order valence-corrected chi connectivity index (χ4v) is 3.01. The number of nitrogens with one attached hydrogen (secondary N) is 1. The van der Waals surface area contributed by atoms with E-state index in [1.807, 2.05) is 20.8 Å². The van der Waals surface area contributed by atoms with Crippen LogP contribution in [0.2, 0.25) is 0 Å². The van der Waals surface area contributed by atoms with Gasteiger partial charge in [-0.3, -0.25) is 4.79 Å². The lowest BCUT2D eigenvalue weighted by atomic mass is 10.1. The lowest BCUT2D eigenvalue weighted by Crippen LogP contribution is -2.27. The molecule has 2 rings (SSSR count). The molecule has 0 saturated carbocycles. The summed E-state index contributed by atoms with van der Waals surface area (Å²) in [7, 11) is 0. The number of rotatable bonds is 3. The highest BCUT2D eigenvalue weighted by Gasteiger charge is 2.17. The number of benzene rings is 1. The average Bonchev–Trinajstić information content (AvgIpc) is 2.68. The quantitative estimate of drug-likeness (QED) is 0.757. The van der Waals surface area contributed by atoms with Crippen LogP contribution >= 0.6 is 11.3 Å². The average molecular weight is 290 g/mol. The van der Waals surface area contributed by atoms with E-state index in [1.54, 1.807) is 29.5 Å². The molecule has 1 unspecified atom stereocenters. The van der Waals surface area contributed by atoms with Gasteiger partial charge in [0.15, 0.2) is 0 Å². The van der Waals surface area contributed by atoms with Crippen LogP contribution in [0.25, 0.3) is 0 Å². The number of nitrogen functional groups attached to an aromatic ring is 2. The third-order valence-corrected chi connectivity index (χ3v) is 4.26. The van der Waals surface area contributed by atoms with Gasteiger partial charge in [-0.15, -0.1) is 11.3 Å². The number of hydrogen-bond donors (Lipinski definition) is 3. The zero-order valence-electron chi connectivity index (χ0n) is 11.7. The van der Waals surface area contributed by atoms with E-state index in [1.165, 1.54) is 0 Å². The molecule has 0 aliphatic carbocycles. The smallest absolute Gasteiger partial charge is 0.253 e. The van der Waals surface area contributed by atoms with Gasteiger partial charge in [0.05, 0.1) is 22.3 Å². The normalized spacial score (nSPS) is 12.2. The zero-order valence-corrected chi connectivity index (χ0v) is 12.5. The molecule has 20 heavy (non-hydrogen) atoms. The Morgan fingerprint density at radius 1 is 1.35 bits per heavy atom. The Bertz CT molecular complexity index is 651. The molecule has 5 N–H and O–H groups in total. The molecule has 0 aliphatic rings. The van der Waals surface area contributed by atoms with Crippen LogP contribution in [-0.2, 0) is 0 Å². The molecule has 6 heteroatoms. The molecular weight excluding hydrogens is 272 g/mol.